The van der Waals surface area contributed by atoms with Gasteiger partial charge in [-0.3, -0.25) is 4.79 Å². The van der Waals surface area contributed by atoms with E-state index in [1.54, 1.807) is 12.2 Å². The maximum absolute atomic E-state index is 12.0. The van der Waals surface area contributed by atoms with E-state index in [2.05, 4.69) is 39.8 Å². The molecule has 0 saturated carbocycles. The summed E-state index contributed by atoms with van der Waals surface area (Å²) in [6.07, 6.45) is 10.8. The molecule has 0 aliphatic heterocycles. The molecule has 0 saturated heterocycles. The van der Waals surface area contributed by atoms with Crippen molar-refractivity contribution >= 4 is 11.9 Å². The molecule has 0 radical (unpaired) electrons. The topological polar surface area (TPSA) is 17.1 Å². The Morgan fingerprint density at radius 3 is 2.32 bits per heavy atom. The summed E-state index contributed by atoms with van der Waals surface area (Å²) in [4.78, 5) is 12.0. The molecule has 1 nitrogen and oxygen atoms in total. The second kappa shape index (κ2) is 6.91. The zero-order chi connectivity index (χ0) is 16.2. The first kappa shape index (κ1) is 16.5. The van der Waals surface area contributed by atoms with Gasteiger partial charge in [-0.2, -0.15) is 0 Å². The summed E-state index contributed by atoms with van der Waals surface area (Å²) >= 11 is 0. The van der Waals surface area contributed by atoms with E-state index in [0.717, 1.165) is 12.0 Å². The summed E-state index contributed by atoms with van der Waals surface area (Å²) in [6, 6.07) is 8.16. The van der Waals surface area contributed by atoms with Crippen LogP contribution in [0, 0.1) is 12.3 Å². The Morgan fingerprint density at radius 2 is 1.68 bits per heavy atom. The molecule has 0 bridgehead atoms. The van der Waals surface area contributed by atoms with Gasteiger partial charge in [0.2, 0.25) is 0 Å². The molecule has 1 aromatic carbocycles. The molecule has 0 heterocycles. The van der Waals surface area contributed by atoms with E-state index in [1.165, 1.54) is 29.6 Å². The van der Waals surface area contributed by atoms with E-state index in [0.29, 0.717) is 0 Å². The maximum atomic E-state index is 12.0. The predicted molar refractivity (Wildman–Crippen MR) is 94.7 cm³/mol. The second-order valence-electron chi connectivity index (χ2n) is 6.91. The molecular formula is C21H26O. The van der Waals surface area contributed by atoms with Crippen molar-refractivity contribution in [3.05, 3.63) is 64.8 Å². The summed E-state index contributed by atoms with van der Waals surface area (Å²) < 4.78 is 0. The minimum atomic E-state index is 0.0437. The first-order chi connectivity index (χ1) is 10.4. The minimum absolute atomic E-state index is 0.0437. The van der Waals surface area contributed by atoms with Gasteiger partial charge in [0.25, 0.3) is 0 Å². The Labute approximate surface area is 134 Å². The molecule has 1 heteroatoms. The lowest BCUT2D eigenvalue weighted by molar-refractivity contribution is -0.110. The number of aryl methyl sites for hydroxylation is 1. The minimum Gasteiger partial charge on any atom is -0.290 e. The number of rotatable bonds is 4. The molecule has 1 aliphatic carbocycles. The lowest BCUT2D eigenvalue weighted by atomic mass is 9.72. The van der Waals surface area contributed by atoms with Gasteiger partial charge < -0.3 is 0 Å². The Morgan fingerprint density at radius 1 is 1.05 bits per heavy atom. The number of ketones is 1. The number of hydrogen-bond acceptors (Lipinski definition) is 1. The van der Waals surface area contributed by atoms with E-state index in [9.17, 15) is 4.79 Å². The van der Waals surface area contributed by atoms with Gasteiger partial charge in [-0.25, -0.2) is 0 Å². The first-order valence-corrected chi connectivity index (χ1v) is 8.05. The van der Waals surface area contributed by atoms with Gasteiger partial charge in [-0.1, -0.05) is 61.4 Å². The highest BCUT2D eigenvalue weighted by molar-refractivity contribution is 6.02. The highest BCUT2D eigenvalue weighted by Crippen LogP contribution is 2.40. The normalized spacial score (nSPS) is 18.4. The number of carbonyl (C=O) groups is 1. The largest absolute Gasteiger partial charge is 0.290 e. The van der Waals surface area contributed by atoms with Crippen molar-refractivity contribution in [2.45, 2.75) is 47.0 Å². The van der Waals surface area contributed by atoms with Crippen LogP contribution in [-0.2, 0) is 4.79 Å². The summed E-state index contributed by atoms with van der Waals surface area (Å²) in [7, 11) is 0. The zero-order valence-electron chi connectivity index (χ0n) is 14.1. The van der Waals surface area contributed by atoms with Gasteiger partial charge in [0, 0.05) is 0 Å². The SMILES string of the molecule is CC1=C(/C=C/C(=O)/C=C/c2ccc(C)cc2)C(C)(C)CCC1. The molecule has 0 fully saturated rings. The molecule has 0 unspecified atom stereocenters. The van der Waals surface area contributed by atoms with E-state index < -0.39 is 0 Å². The van der Waals surface area contributed by atoms with Crippen LogP contribution in [0.1, 0.15) is 51.2 Å². The number of carbonyl (C=O) groups excluding carboxylic acids is 1. The monoisotopic (exact) mass is 294 g/mol. The van der Waals surface area contributed by atoms with Gasteiger partial charge in [0.15, 0.2) is 5.78 Å². The van der Waals surface area contributed by atoms with Gasteiger partial charge >= 0.3 is 0 Å². The molecule has 1 aromatic rings. The van der Waals surface area contributed by atoms with E-state index in [4.69, 9.17) is 0 Å². The smallest absolute Gasteiger partial charge is 0.178 e. The van der Waals surface area contributed by atoms with Crippen LogP contribution in [0.25, 0.3) is 6.08 Å². The molecule has 22 heavy (non-hydrogen) atoms. The fraction of sp³-hybridized carbons (Fsp3) is 0.381. The Bertz CT molecular complexity index is 624. The molecular weight excluding hydrogens is 268 g/mol. The van der Waals surface area contributed by atoms with Crippen LogP contribution >= 0.6 is 0 Å². The summed E-state index contributed by atoms with van der Waals surface area (Å²) in [5.41, 5.74) is 5.21. The third kappa shape index (κ3) is 4.30. The molecule has 0 spiro atoms. The number of allylic oxidation sites excluding steroid dienone is 5. The van der Waals surface area contributed by atoms with Gasteiger partial charge in [0.05, 0.1) is 0 Å². The van der Waals surface area contributed by atoms with Crippen LogP contribution in [0.3, 0.4) is 0 Å². The fourth-order valence-corrected chi connectivity index (χ4v) is 3.09. The van der Waals surface area contributed by atoms with Crippen LogP contribution < -0.4 is 0 Å². The van der Waals surface area contributed by atoms with Crippen LogP contribution in [0.15, 0.2) is 53.6 Å². The van der Waals surface area contributed by atoms with Crippen molar-refractivity contribution in [1.29, 1.82) is 0 Å². The number of hydrogen-bond donors (Lipinski definition) is 0. The average molecular weight is 294 g/mol. The Hall–Kier alpha value is -1.89. The quantitative estimate of drug-likeness (QED) is 0.655. The van der Waals surface area contributed by atoms with Crippen LogP contribution in [0.4, 0.5) is 0 Å². The van der Waals surface area contributed by atoms with E-state index in [-0.39, 0.29) is 11.2 Å². The van der Waals surface area contributed by atoms with Crippen LogP contribution in [0.5, 0.6) is 0 Å². The fourth-order valence-electron chi connectivity index (χ4n) is 3.09. The first-order valence-electron chi connectivity index (χ1n) is 8.05. The predicted octanol–water partition coefficient (Wildman–Crippen LogP) is 5.66. The number of benzene rings is 1. The van der Waals surface area contributed by atoms with Crippen molar-refractivity contribution in [3.8, 4) is 0 Å². The van der Waals surface area contributed by atoms with E-state index >= 15 is 0 Å². The lowest BCUT2D eigenvalue weighted by Crippen LogP contribution is -2.19. The molecule has 116 valence electrons. The van der Waals surface area contributed by atoms with Crippen molar-refractivity contribution in [3.63, 3.8) is 0 Å². The lowest BCUT2D eigenvalue weighted by Gasteiger charge is -2.32. The van der Waals surface area contributed by atoms with Gasteiger partial charge in [-0.15, -0.1) is 0 Å². The molecule has 0 amide bonds. The molecule has 1 aliphatic rings. The summed E-state index contributed by atoms with van der Waals surface area (Å²) in [5, 5.41) is 0. The van der Waals surface area contributed by atoms with Crippen molar-refractivity contribution in [1.82, 2.24) is 0 Å². The third-order valence-corrected chi connectivity index (χ3v) is 4.47. The van der Waals surface area contributed by atoms with Gasteiger partial charge in [0.1, 0.15) is 0 Å². The molecule has 2 rings (SSSR count). The van der Waals surface area contributed by atoms with Crippen molar-refractivity contribution in [2.24, 2.45) is 5.41 Å². The second-order valence-corrected chi connectivity index (χ2v) is 6.91. The molecule has 0 N–H and O–H groups in total. The van der Waals surface area contributed by atoms with E-state index in [1.807, 2.05) is 24.3 Å². The molecule has 0 aromatic heterocycles. The molecule has 0 atom stereocenters. The van der Waals surface area contributed by atoms with Gasteiger partial charge in [-0.05, 0) is 61.8 Å². The average Bonchev–Trinajstić information content (AvgIpc) is 2.45. The zero-order valence-corrected chi connectivity index (χ0v) is 14.1. The Kier molecular flexibility index (Phi) is 5.18. The van der Waals surface area contributed by atoms with Crippen molar-refractivity contribution in [2.75, 3.05) is 0 Å². The highest BCUT2D eigenvalue weighted by atomic mass is 16.1. The Balaban J connectivity index is 2.06. The van der Waals surface area contributed by atoms with Crippen LogP contribution in [0.2, 0.25) is 0 Å². The third-order valence-electron chi connectivity index (χ3n) is 4.47. The van der Waals surface area contributed by atoms with Crippen molar-refractivity contribution < 1.29 is 4.79 Å². The summed E-state index contributed by atoms with van der Waals surface area (Å²) in [6.45, 7) is 8.78. The summed E-state index contributed by atoms with van der Waals surface area (Å²) in [5.74, 6) is 0.0437. The maximum Gasteiger partial charge on any atom is 0.178 e. The highest BCUT2D eigenvalue weighted by Gasteiger charge is 2.26. The standard InChI is InChI=1S/C21H26O/c1-16-7-9-18(10-8-16)11-12-19(22)13-14-20-17(2)6-5-15-21(20,3)4/h7-14H,5-6,15H2,1-4H3/b12-11+,14-13+. The van der Waals surface area contributed by atoms with Crippen LogP contribution in [-0.4, -0.2) is 5.78 Å².